The average Bonchev–Trinajstić information content (AvgIpc) is 3.20. The minimum atomic E-state index is -0.297. The van der Waals surface area contributed by atoms with Gasteiger partial charge in [-0.1, -0.05) is 12.1 Å². The normalized spacial score (nSPS) is 10.7. The minimum absolute atomic E-state index is 0.0816. The first-order chi connectivity index (χ1) is 11.2. The summed E-state index contributed by atoms with van der Waals surface area (Å²) in [5.74, 6) is -0.379. The lowest BCUT2D eigenvalue weighted by Gasteiger charge is -2.05. The lowest BCUT2D eigenvalue weighted by Crippen LogP contribution is -2.28. The highest BCUT2D eigenvalue weighted by Gasteiger charge is 2.05. The summed E-state index contributed by atoms with van der Waals surface area (Å²) in [5, 5.41) is 11.4. The van der Waals surface area contributed by atoms with E-state index >= 15 is 0 Å². The average molecular weight is 329 g/mol. The van der Waals surface area contributed by atoms with Gasteiger partial charge in [-0.25, -0.2) is 4.39 Å². The van der Waals surface area contributed by atoms with E-state index in [4.69, 9.17) is 0 Å². The molecule has 0 aliphatic heterocycles. The molecule has 3 rings (SSSR count). The maximum Gasteiger partial charge on any atom is 0.224 e. The first-order valence-corrected chi connectivity index (χ1v) is 8.22. The fourth-order valence-electron chi connectivity index (χ4n) is 2.21. The molecule has 0 radical (unpaired) electrons. The lowest BCUT2D eigenvalue weighted by atomic mass is 10.1. The molecule has 118 valence electrons. The van der Waals surface area contributed by atoms with Crippen molar-refractivity contribution in [3.8, 4) is 11.3 Å². The third-order valence-corrected chi connectivity index (χ3v) is 4.08. The molecule has 23 heavy (non-hydrogen) atoms. The molecule has 0 atom stereocenters. The number of hydrogen-bond donors (Lipinski definition) is 1. The fourth-order valence-corrected chi connectivity index (χ4v) is 2.86. The molecule has 0 bridgehead atoms. The quantitative estimate of drug-likeness (QED) is 0.755. The molecule has 0 saturated carbocycles. The van der Waals surface area contributed by atoms with Gasteiger partial charge in [0, 0.05) is 23.7 Å². The van der Waals surface area contributed by atoms with Gasteiger partial charge in [-0.2, -0.15) is 16.4 Å². The number of thiophene rings is 1. The van der Waals surface area contributed by atoms with E-state index in [0.29, 0.717) is 13.1 Å². The van der Waals surface area contributed by atoms with E-state index in [9.17, 15) is 9.18 Å². The van der Waals surface area contributed by atoms with E-state index in [1.165, 1.54) is 12.1 Å². The van der Waals surface area contributed by atoms with Crippen LogP contribution in [0.5, 0.6) is 0 Å². The smallest absolute Gasteiger partial charge is 0.224 e. The zero-order valence-electron chi connectivity index (χ0n) is 12.4. The van der Waals surface area contributed by atoms with Gasteiger partial charge in [0.25, 0.3) is 0 Å². The number of rotatable bonds is 6. The van der Waals surface area contributed by atoms with Crippen molar-refractivity contribution in [2.24, 2.45) is 0 Å². The highest BCUT2D eigenvalue weighted by atomic mass is 32.1. The van der Waals surface area contributed by atoms with Crippen molar-refractivity contribution in [1.29, 1.82) is 0 Å². The zero-order chi connectivity index (χ0) is 16.1. The number of amides is 1. The molecule has 1 amide bonds. The van der Waals surface area contributed by atoms with Gasteiger partial charge in [0.05, 0.1) is 18.7 Å². The summed E-state index contributed by atoms with van der Waals surface area (Å²) in [6, 6.07) is 9.95. The second-order valence-electron chi connectivity index (χ2n) is 5.13. The van der Waals surface area contributed by atoms with Gasteiger partial charge in [-0.15, -0.1) is 0 Å². The number of hydrogen-bond acceptors (Lipinski definition) is 3. The molecule has 0 fully saturated rings. The molecule has 2 aromatic heterocycles. The SMILES string of the molecule is O=C(Cc1ccc(F)cc1)NCCn1ccc(-c2ccsc2)n1. The molecular formula is C17H16FN3OS. The van der Waals surface area contributed by atoms with Gasteiger partial charge in [0.2, 0.25) is 5.91 Å². The van der Waals surface area contributed by atoms with Crippen LogP contribution in [-0.4, -0.2) is 22.2 Å². The standard InChI is InChI=1S/C17H16FN3OS/c18-15-3-1-13(2-4-15)11-17(22)19-7-9-21-8-5-16(20-21)14-6-10-23-12-14/h1-6,8,10,12H,7,9,11H2,(H,19,22). The Morgan fingerprint density at radius 1 is 1.22 bits per heavy atom. The molecular weight excluding hydrogens is 313 g/mol. The van der Waals surface area contributed by atoms with Crippen LogP contribution in [0.4, 0.5) is 4.39 Å². The first-order valence-electron chi connectivity index (χ1n) is 7.28. The monoisotopic (exact) mass is 329 g/mol. The Morgan fingerprint density at radius 3 is 2.78 bits per heavy atom. The van der Waals surface area contributed by atoms with Crippen molar-refractivity contribution in [2.45, 2.75) is 13.0 Å². The van der Waals surface area contributed by atoms with Gasteiger partial charge in [-0.05, 0) is 35.2 Å². The Hall–Kier alpha value is -2.47. The largest absolute Gasteiger partial charge is 0.354 e. The topological polar surface area (TPSA) is 46.9 Å². The maximum atomic E-state index is 12.8. The minimum Gasteiger partial charge on any atom is -0.354 e. The van der Waals surface area contributed by atoms with Crippen molar-refractivity contribution in [1.82, 2.24) is 15.1 Å². The summed E-state index contributed by atoms with van der Waals surface area (Å²) in [7, 11) is 0. The van der Waals surface area contributed by atoms with Crippen molar-refractivity contribution in [2.75, 3.05) is 6.54 Å². The van der Waals surface area contributed by atoms with Crippen LogP contribution in [0.15, 0.2) is 53.4 Å². The number of halogens is 1. The second-order valence-corrected chi connectivity index (χ2v) is 5.91. The first kappa shape index (κ1) is 15.4. The van der Waals surface area contributed by atoms with Crippen molar-refractivity contribution in [3.05, 3.63) is 64.7 Å². The van der Waals surface area contributed by atoms with Crippen LogP contribution in [0.1, 0.15) is 5.56 Å². The lowest BCUT2D eigenvalue weighted by molar-refractivity contribution is -0.120. The van der Waals surface area contributed by atoms with Crippen LogP contribution in [0.25, 0.3) is 11.3 Å². The van der Waals surface area contributed by atoms with E-state index in [1.54, 1.807) is 23.5 Å². The van der Waals surface area contributed by atoms with E-state index < -0.39 is 0 Å². The van der Waals surface area contributed by atoms with E-state index in [-0.39, 0.29) is 18.1 Å². The molecule has 1 aromatic carbocycles. The Kier molecular flexibility index (Phi) is 4.83. The van der Waals surface area contributed by atoms with Crippen molar-refractivity contribution < 1.29 is 9.18 Å². The molecule has 6 heteroatoms. The Balaban J connectivity index is 1.46. The zero-order valence-corrected chi connectivity index (χ0v) is 13.2. The highest BCUT2D eigenvalue weighted by molar-refractivity contribution is 7.08. The number of nitrogens with one attached hydrogen (secondary N) is 1. The number of carbonyl (C=O) groups is 1. The molecule has 3 aromatic rings. The summed E-state index contributed by atoms with van der Waals surface area (Å²) >= 11 is 1.64. The highest BCUT2D eigenvalue weighted by Crippen LogP contribution is 2.19. The summed E-state index contributed by atoms with van der Waals surface area (Å²) in [6.07, 6.45) is 2.15. The number of aromatic nitrogens is 2. The van der Waals surface area contributed by atoms with Crippen molar-refractivity contribution in [3.63, 3.8) is 0 Å². The predicted molar refractivity (Wildman–Crippen MR) is 88.7 cm³/mol. The van der Waals surface area contributed by atoms with Gasteiger partial charge in [-0.3, -0.25) is 9.48 Å². The molecule has 1 N–H and O–H groups in total. The van der Waals surface area contributed by atoms with Gasteiger partial charge < -0.3 is 5.32 Å². The van der Waals surface area contributed by atoms with E-state index in [1.807, 2.05) is 28.4 Å². The molecule has 0 saturated heterocycles. The van der Waals surface area contributed by atoms with Crippen LogP contribution < -0.4 is 5.32 Å². The summed E-state index contributed by atoms with van der Waals surface area (Å²) < 4.78 is 14.6. The van der Waals surface area contributed by atoms with Crippen LogP contribution in [0.2, 0.25) is 0 Å². The maximum absolute atomic E-state index is 12.8. The van der Waals surface area contributed by atoms with Crippen molar-refractivity contribution >= 4 is 17.2 Å². The summed E-state index contributed by atoms with van der Waals surface area (Å²) in [5.41, 5.74) is 2.83. The van der Waals surface area contributed by atoms with E-state index in [0.717, 1.165) is 16.8 Å². The number of nitrogens with zero attached hydrogens (tertiary/aromatic N) is 2. The third kappa shape index (κ3) is 4.26. The number of benzene rings is 1. The molecule has 0 unspecified atom stereocenters. The Labute approximate surface area is 137 Å². The Bertz CT molecular complexity index is 766. The third-order valence-electron chi connectivity index (χ3n) is 3.40. The summed E-state index contributed by atoms with van der Waals surface area (Å²) in [4.78, 5) is 11.8. The fraction of sp³-hybridized carbons (Fsp3) is 0.176. The Morgan fingerprint density at radius 2 is 2.04 bits per heavy atom. The predicted octanol–water partition coefficient (Wildman–Crippen LogP) is 3.11. The van der Waals surface area contributed by atoms with Gasteiger partial charge >= 0.3 is 0 Å². The van der Waals surface area contributed by atoms with Gasteiger partial charge in [0.15, 0.2) is 0 Å². The van der Waals surface area contributed by atoms with Crippen LogP contribution in [0, 0.1) is 5.82 Å². The molecule has 0 spiro atoms. The summed E-state index contributed by atoms with van der Waals surface area (Å²) in [6.45, 7) is 1.12. The van der Waals surface area contributed by atoms with Gasteiger partial charge in [0.1, 0.15) is 5.82 Å². The molecule has 4 nitrogen and oxygen atoms in total. The van der Waals surface area contributed by atoms with Crippen LogP contribution in [-0.2, 0) is 17.8 Å². The number of carbonyl (C=O) groups excluding carboxylic acids is 1. The molecule has 0 aliphatic rings. The van der Waals surface area contributed by atoms with Crippen LogP contribution in [0.3, 0.4) is 0 Å². The van der Waals surface area contributed by atoms with Crippen LogP contribution >= 0.6 is 11.3 Å². The molecule has 2 heterocycles. The second kappa shape index (κ2) is 7.19. The van der Waals surface area contributed by atoms with E-state index in [2.05, 4.69) is 15.8 Å². The molecule has 0 aliphatic carbocycles.